The van der Waals surface area contributed by atoms with Gasteiger partial charge in [0.05, 0.1) is 17.4 Å². The van der Waals surface area contributed by atoms with Gasteiger partial charge >= 0.3 is 0 Å². The zero-order valence-electron chi connectivity index (χ0n) is 18.6. The van der Waals surface area contributed by atoms with Crippen LogP contribution in [-0.2, 0) is 14.4 Å². The first-order valence-electron chi connectivity index (χ1n) is 10.8. The van der Waals surface area contributed by atoms with Gasteiger partial charge in [-0.05, 0) is 61.0 Å². The fraction of sp³-hybridized carbons (Fsp3) is 0.231. The van der Waals surface area contributed by atoms with Crippen LogP contribution in [0, 0.1) is 12.8 Å². The number of hydrogen-bond donors (Lipinski definition) is 0. The number of carbonyl (C=O) groups excluding carboxylic acids is 2. The third kappa shape index (κ3) is 3.65. The van der Waals surface area contributed by atoms with Crippen molar-refractivity contribution >= 4 is 40.5 Å². The van der Waals surface area contributed by atoms with Gasteiger partial charge in [-0.3, -0.25) is 14.4 Å². The molecule has 0 spiro atoms. The molecule has 5 rings (SSSR count). The van der Waals surface area contributed by atoms with Gasteiger partial charge in [0.15, 0.2) is 6.10 Å². The molecule has 2 fully saturated rings. The van der Waals surface area contributed by atoms with Crippen LogP contribution in [0.5, 0.6) is 0 Å². The molecule has 0 unspecified atom stereocenters. The van der Waals surface area contributed by atoms with E-state index in [1.807, 2.05) is 74.4 Å². The van der Waals surface area contributed by atoms with Gasteiger partial charge in [-0.1, -0.05) is 41.4 Å². The molecule has 2 saturated heterocycles. The van der Waals surface area contributed by atoms with Crippen LogP contribution in [0.4, 0.5) is 17.1 Å². The number of aryl methyl sites for hydroxylation is 1. The number of halogens is 1. The number of nitrogens with zero attached hydrogens (tertiary/aromatic N) is 3. The summed E-state index contributed by atoms with van der Waals surface area (Å²) >= 11 is 6.08. The van der Waals surface area contributed by atoms with Crippen molar-refractivity contribution in [1.82, 2.24) is 0 Å². The molecule has 7 heteroatoms. The second-order valence-electron chi connectivity index (χ2n) is 8.63. The number of imide groups is 1. The summed E-state index contributed by atoms with van der Waals surface area (Å²) < 4.78 is 0. The van der Waals surface area contributed by atoms with Gasteiger partial charge in [0, 0.05) is 24.8 Å². The predicted octanol–water partition coefficient (Wildman–Crippen LogP) is 4.77. The predicted molar refractivity (Wildman–Crippen MR) is 129 cm³/mol. The second kappa shape index (κ2) is 8.21. The van der Waals surface area contributed by atoms with Crippen LogP contribution >= 0.6 is 11.6 Å². The molecule has 2 aliphatic rings. The lowest BCUT2D eigenvalue weighted by atomic mass is 9.90. The minimum atomic E-state index is -0.895. The Morgan fingerprint density at radius 3 is 2.03 bits per heavy atom. The highest BCUT2D eigenvalue weighted by Gasteiger charge is 2.60. The van der Waals surface area contributed by atoms with Gasteiger partial charge in [-0.2, -0.15) is 0 Å². The smallest absolute Gasteiger partial charge is 0.266 e. The molecule has 0 saturated carbocycles. The lowest BCUT2D eigenvalue weighted by Gasteiger charge is -2.29. The maximum absolute atomic E-state index is 13.6. The summed E-state index contributed by atoms with van der Waals surface area (Å²) in [5.74, 6) is -1.27. The maximum Gasteiger partial charge on any atom is 0.266 e. The van der Waals surface area contributed by atoms with E-state index in [1.54, 1.807) is 29.3 Å². The van der Waals surface area contributed by atoms with Crippen LogP contribution in [0.25, 0.3) is 0 Å². The molecule has 33 heavy (non-hydrogen) atoms. The zero-order chi connectivity index (χ0) is 23.3. The number of amides is 2. The first-order valence-corrected chi connectivity index (χ1v) is 11.2. The number of anilines is 3. The van der Waals surface area contributed by atoms with E-state index in [2.05, 4.69) is 0 Å². The molecule has 3 aromatic carbocycles. The van der Waals surface area contributed by atoms with E-state index in [0.29, 0.717) is 10.7 Å². The highest BCUT2D eigenvalue weighted by Crippen LogP contribution is 2.47. The Morgan fingerprint density at radius 1 is 0.818 bits per heavy atom. The minimum Gasteiger partial charge on any atom is -0.378 e. The minimum absolute atomic E-state index is 0.257. The van der Waals surface area contributed by atoms with Crippen LogP contribution in [0.15, 0.2) is 72.8 Å². The summed E-state index contributed by atoms with van der Waals surface area (Å²) in [7, 11) is 3.95. The first-order chi connectivity index (χ1) is 15.8. The lowest BCUT2D eigenvalue weighted by molar-refractivity contribution is -0.126. The Labute approximate surface area is 197 Å². The number of hydrogen-bond acceptors (Lipinski definition) is 5. The van der Waals surface area contributed by atoms with Gasteiger partial charge in [0.25, 0.3) is 5.91 Å². The van der Waals surface area contributed by atoms with Gasteiger partial charge in [0.1, 0.15) is 5.92 Å². The van der Waals surface area contributed by atoms with E-state index in [1.165, 1.54) is 4.90 Å². The Bertz CT molecular complexity index is 1190. The van der Waals surface area contributed by atoms with Crippen LogP contribution < -0.4 is 14.9 Å². The van der Waals surface area contributed by atoms with Crippen molar-refractivity contribution in [3.05, 3.63) is 88.9 Å². The Balaban J connectivity index is 1.57. The Morgan fingerprint density at radius 2 is 1.42 bits per heavy atom. The van der Waals surface area contributed by atoms with E-state index in [0.717, 1.165) is 22.5 Å². The standard InChI is InChI=1S/C26H24ClN3O3/c1-16-4-10-20(11-5-16)29-25(31)22-23(17-6-12-19(13-7-17)28(2)3)30(33-24(22)26(29)32)21-14-8-18(27)9-15-21/h4-15,22-24H,1-3H3/t22-,23+,24-/m0/s1. The molecule has 0 aliphatic carbocycles. The fourth-order valence-electron chi connectivity index (χ4n) is 4.48. The summed E-state index contributed by atoms with van der Waals surface area (Å²) in [6.07, 6.45) is -0.895. The number of rotatable bonds is 4. The Hall–Kier alpha value is -3.35. The van der Waals surface area contributed by atoms with Crippen molar-refractivity contribution < 1.29 is 14.4 Å². The molecular weight excluding hydrogens is 438 g/mol. The van der Waals surface area contributed by atoms with Gasteiger partial charge in [-0.25, -0.2) is 9.96 Å². The zero-order valence-corrected chi connectivity index (χ0v) is 19.4. The fourth-order valence-corrected chi connectivity index (χ4v) is 4.61. The molecular formula is C26H24ClN3O3. The lowest BCUT2D eigenvalue weighted by Crippen LogP contribution is -2.37. The highest BCUT2D eigenvalue weighted by atomic mass is 35.5. The second-order valence-corrected chi connectivity index (χ2v) is 9.07. The molecule has 3 aromatic rings. The summed E-state index contributed by atoms with van der Waals surface area (Å²) in [5.41, 5.74) is 4.30. The van der Waals surface area contributed by atoms with Gasteiger partial charge < -0.3 is 4.90 Å². The molecule has 168 valence electrons. The average Bonchev–Trinajstić information content (AvgIpc) is 3.31. The largest absolute Gasteiger partial charge is 0.378 e. The normalized spacial score (nSPS) is 22.1. The van der Waals surface area contributed by atoms with E-state index in [4.69, 9.17) is 16.4 Å². The van der Waals surface area contributed by atoms with Gasteiger partial charge in [-0.15, -0.1) is 0 Å². The third-order valence-electron chi connectivity index (χ3n) is 6.24. The molecule has 0 N–H and O–H groups in total. The molecule has 2 heterocycles. The molecule has 0 aromatic heterocycles. The number of carbonyl (C=O) groups is 2. The SMILES string of the molecule is Cc1ccc(N2C(=O)[C@@H]3[C@H](ON(c4ccc(Cl)cc4)[C@@H]3c3ccc(N(C)C)cc3)C2=O)cc1. The monoisotopic (exact) mass is 461 g/mol. The highest BCUT2D eigenvalue weighted by molar-refractivity contribution is 6.30. The number of benzene rings is 3. The number of fused-ring (bicyclic) bond motifs is 1. The molecule has 6 nitrogen and oxygen atoms in total. The van der Waals surface area contributed by atoms with Crippen LogP contribution in [-0.4, -0.2) is 32.0 Å². The average molecular weight is 462 g/mol. The van der Waals surface area contributed by atoms with Crippen molar-refractivity contribution in [2.75, 3.05) is 29.0 Å². The summed E-state index contributed by atoms with van der Waals surface area (Å²) in [6.45, 7) is 1.96. The van der Waals surface area contributed by atoms with Crippen molar-refractivity contribution in [3.8, 4) is 0 Å². The molecule has 0 bridgehead atoms. The topological polar surface area (TPSA) is 53.1 Å². The van der Waals surface area contributed by atoms with Crippen LogP contribution in [0.3, 0.4) is 0 Å². The molecule has 2 amide bonds. The third-order valence-corrected chi connectivity index (χ3v) is 6.49. The van der Waals surface area contributed by atoms with Crippen molar-refractivity contribution in [3.63, 3.8) is 0 Å². The van der Waals surface area contributed by atoms with Crippen molar-refractivity contribution in [2.45, 2.75) is 19.1 Å². The maximum atomic E-state index is 13.6. The summed E-state index contributed by atoms with van der Waals surface area (Å²) in [6, 6.07) is 22.1. The number of hydroxylamine groups is 1. The van der Waals surface area contributed by atoms with Crippen LogP contribution in [0.1, 0.15) is 17.2 Å². The first kappa shape index (κ1) is 21.5. The van der Waals surface area contributed by atoms with E-state index >= 15 is 0 Å². The van der Waals surface area contributed by atoms with Crippen molar-refractivity contribution in [2.24, 2.45) is 5.92 Å². The van der Waals surface area contributed by atoms with Crippen LogP contribution in [0.2, 0.25) is 5.02 Å². The Kier molecular flexibility index (Phi) is 5.35. The molecule has 0 radical (unpaired) electrons. The van der Waals surface area contributed by atoms with Gasteiger partial charge in [0.2, 0.25) is 5.91 Å². The molecule has 2 aliphatic heterocycles. The quantitative estimate of drug-likeness (QED) is 0.524. The van der Waals surface area contributed by atoms with E-state index in [-0.39, 0.29) is 11.8 Å². The molecule has 3 atom stereocenters. The van der Waals surface area contributed by atoms with E-state index in [9.17, 15) is 9.59 Å². The van der Waals surface area contributed by atoms with E-state index < -0.39 is 18.1 Å². The summed E-state index contributed by atoms with van der Waals surface area (Å²) in [4.78, 5) is 36.5. The summed E-state index contributed by atoms with van der Waals surface area (Å²) in [5, 5.41) is 2.28. The van der Waals surface area contributed by atoms with Crippen molar-refractivity contribution in [1.29, 1.82) is 0 Å².